The minimum Gasteiger partial charge on any atom is -0.508 e. The van der Waals surface area contributed by atoms with E-state index in [1.165, 1.54) is 12.1 Å². The van der Waals surface area contributed by atoms with Crippen LogP contribution in [-0.4, -0.2) is 15.2 Å². The first-order valence-electron chi connectivity index (χ1n) is 7.61. The number of nitriles is 1. The lowest BCUT2D eigenvalue weighted by Gasteiger charge is -2.06. The van der Waals surface area contributed by atoms with Crippen molar-refractivity contribution in [3.8, 4) is 34.7 Å². The van der Waals surface area contributed by atoms with Crippen molar-refractivity contribution < 1.29 is 9.63 Å². The summed E-state index contributed by atoms with van der Waals surface area (Å²) in [7, 11) is 0. The van der Waals surface area contributed by atoms with Gasteiger partial charge >= 0.3 is 0 Å². The Morgan fingerprint density at radius 3 is 3.00 bits per heavy atom. The van der Waals surface area contributed by atoms with E-state index >= 15 is 0 Å². The number of fused-ring (bicyclic) bond motifs is 1. The van der Waals surface area contributed by atoms with Crippen molar-refractivity contribution in [3.63, 3.8) is 0 Å². The summed E-state index contributed by atoms with van der Waals surface area (Å²) in [6, 6.07) is 12.4. The standard InChI is InChI=1S/C18H14N4O2/c19-9-10-6-11(8-12(23)7-10)18-21-17(22-24-18)15-3-1-2-14-13(15)4-5-16(14)20/h1-3,6-8,16,23H,4-5,20H2. The molecule has 1 heterocycles. The van der Waals surface area contributed by atoms with E-state index in [-0.39, 0.29) is 17.7 Å². The Kier molecular flexibility index (Phi) is 3.29. The van der Waals surface area contributed by atoms with Gasteiger partial charge in [0.2, 0.25) is 5.82 Å². The summed E-state index contributed by atoms with van der Waals surface area (Å²) in [5.41, 5.74) is 10.2. The van der Waals surface area contributed by atoms with Gasteiger partial charge in [0, 0.05) is 17.2 Å². The first-order valence-corrected chi connectivity index (χ1v) is 7.61. The average molecular weight is 318 g/mol. The second kappa shape index (κ2) is 5.48. The molecule has 0 spiro atoms. The second-order valence-electron chi connectivity index (χ2n) is 5.82. The molecule has 0 aliphatic heterocycles. The van der Waals surface area contributed by atoms with Crippen LogP contribution in [0.1, 0.15) is 29.2 Å². The maximum atomic E-state index is 9.71. The smallest absolute Gasteiger partial charge is 0.258 e. The topological polar surface area (TPSA) is 109 Å². The maximum Gasteiger partial charge on any atom is 0.258 e. The monoisotopic (exact) mass is 318 g/mol. The van der Waals surface area contributed by atoms with Gasteiger partial charge in [0.1, 0.15) is 5.75 Å². The fourth-order valence-electron chi connectivity index (χ4n) is 3.15. The van der Waals surface area contributed by atoms with Gasteiger partial charge in [-0.25, -0.2) is 0 Å². The SMILES string of the molecule is N#Cc1cc(O)cc(-c2nc(-c3cccc4c3CCC4N)no2)c1. The minimum absolute atomic E-state index is 0.0182. The van der Waals surface area contributed by atoms with E-state index < -0.39 is 0 Å². The Balaban J connectivity index is 1.77. The molecule has 2 aromatic carbocycles. The molecule has 4 rings (SSSR count). The molecule has 1 atom stereocenters. The number of aromatic nitrogens is 2. The van der Waals surface area contributed by atoms with Crippen molar-refractivity contribution in [2.24, 2.45) is 5.73 Å². The van der Waals surface area contributed by atoms with Crippen LogP contribution in [0.25, 0.3) is 22.8 Å². The Morgan fingerprint density at radius 1 is 1.29 bits per heavy atom. The summed E-state index contributed by atoms with van der Waals surface area (Å²) in [6.07, 6.45) is 1.80. The van der Waals surface area contributed by atoms with Gasteiger partial charge in [-0.05, 0) is 42.2 Å². The van der Waals surface area contributed by atoms with E-state index in [1.54, 1.807) is 6.07 Å². The largest absolute Gasteiger partial charge is 0.508 e. The van der Waals surface area contributed by atoms with Gasteiger partial charge in [-0.2, -0.15) is 10.2 Å². The molecule has 0 radical (unpaired) electrons. The van der Waals surface area contributed by atoms with E-state index in [9.17, 15) is 5.11 Å². The Morgan fingerprint density at radius 2 is 2.17 bits per heavy atom. The van der Waals surface area contributed by atoms with Crippen molar-refractivity contribution in [2.45, 2.75) is 18.9 Å². The first kappa shape index (κ1) is 14.4. The Bertz CT molecular complexity index is 971. The first-order chi connectivity index (χ1) is 11.7. The summed E-state index contributed by atoms with van der Waals surface area (Å²) in [4.78, 5) is 4.43. The van der Waals surface area contributed by atoms with Crippen LogP contribution in [0.2, 0.25) is 0 Å². The highest BCUT2D eigenvalue weighted by molar-refractivity contribution is 5.67. The number of aromatic hydroxyl groups is 1. The zero-order chi connectivity index (χ0) is 16.7. The van der Waals surface area contributed by atoms with Crippen LogP contribution in [0, 0.1) is 11.3 Å². The van der Waals surface area contributed by atoms with Gasteiger partial charge in [-0.3, -0.25) is 0 Å². The molecule has 0 saturated carbocycles. The fourth-order valence-corrected chi connectivity index (χ4v) is 3.15. The lowest BCUT2D eigenvalue weighted by Crippen LogP contribution is -2.04. The predicted molar refractivity (Wildman–Crippen MR) is 86.8 cm³/mol. The molecule has 118 valence electrons. The third-order valence-corrected chi connectivity index (χ3v) is 4.28. The molecule has 3 N–H and O–H groups in total. The number of nitrogens with zero attached hydrogens (tertiary/aromatic N) is 3. The number of hydrogen-bond acceptors (Lipinski definition) is 6. The molecule has 6 heteroatoms. The lowest BCUT2D eigenvalue weighted by atomic mass is 10.0. The van der Waals surface area contributed by atoms with Crippen molar-refractivity contribution in [1.29, 1.82) is 5.26 Å². The van der Waals surface area contributed by atoms with Crippen LogP contribution < -0.4 is 5.73 Å². The molecule has 0 amide bonds. The molecule has 1 aromatic heterocycles. The van der Waals surface area contributed by atoms with Crippen molar-refractivity contribution >= 4 is 0 Å². The summed E-state index contributed by atoms with van der Waals surface area (Å²) in [6.45, 7) is 0. The molecule has 0 bridgehead atoms. The zero-order valence-electron chi connectivity index (χ0n) is 12.7. The quantitative estimate of drug-likeness (QED) is 0.752. The van der Waals surface area contributed by atoms with Crippen molar-refractivity contribution in [2.75, 3.05) is 0 Å². The van der Waals surface area contributed by atoms with Crippen molar-refractivity contribution in [3.05, 3.63) is 53.1 Å². The van der Waals surface area contributed by atoms with E-state index in [4.69, 9.17) is 15.5 Å². The highest BCUT2D eigenvalue weighted by Crippen LogP contribution is 2.36. The molecule has 1 aliphatic carbocycles. The number of benzene rings is 2. The molecule has 0 saturated heterocycles. The fraction of sp³-hybridized carbons (Fsp3) is 0.167. The predicted octanol–water partition coefficient (Wildman–Crippen LogP) is 2.93. The minimum atomic E-state index is -0.0182. The number of phenols is 1. The maximum absolute atomic E-state index is 9.71. The highest BCUT2D eigenvalue weighted by atomic mass is 16.5. The van der Waals surface area contributed by atoms with Crippen LogP contribution >= 0.6 is 0 Å². The van der Waals surface area contributed by atoms with Crippen LogP contribution in [0.4, 0.5) is 0 Å². The number of phenolic OH excluding ortho intramolecular Hbond substituents is 1. The van der Waals surface area contributed by atoms with Gasteiger partial charge in [-0.15, -0.1) is 0 Å². The van der Waals surface area contributed by atoms with Crippen LogP contribution in [0.5, 0.6) is 5.75 Å². The molecule has 1 aliphatic rings. The zero-order valence-corrected chi connectivity index (χ0v) is 12.7. The second-order valence-corrected chi connectivity index (χ2v) is 5.82. The summed E-state index contributed by atoms with van der Waals surface area (Å²) < 4.78 is 5.33. The molecular weight excluding hydrogens is 304 g/mol. The van der Waals surface area contributed by atoms with Gasteiger partial charge in [-0.1, -0.05) is 23.4 Å². The van der Waals surface area contributed by atoms with Gasteiger partial charge in [0.05, 0.1) is 11.6 Å². The van der Waals surface area contributed by atoms with Crippen LogP contribution in [0.3, 0.4) is 0 Å². The molecule has 6 nitrogen and oxygen atoms in total. The van der Waals surface area contributed by atoms with Gasteiger partial charge < -0.3 is 15.4 Å². The molecule has 1 unspecified atom stereocenters. The molecule has 24 heavy (non-hydrogen) atoms. The Hall–Kier alpha value is -3.17. The van der Waals surface area contributed by atoms with Gasteiger partial charge in [0.25, 0.3) is 5.89 Å². The molecule has 0 fully saturated rings. The number of rotatable bonds is 2. The highest BCUT2D eigenvalue weighted by Gasteiger charge is 2.24. The van der Waals surface area contributed by atoms with Crippen molar-refractivity contribution in [1.82, 2.24) is 10.1 Å². The van der Waals surface area contributed by atoms with Crippen LogP contribution in [0.15, 0.2) is 40.9 Å². The van der Waals surface area contributed by atoms with E-state index in [2.05, 4.69) is 10.1 Å². The number of nitrogens with two attached hydrogens (primary N) is 1. The molecular formula is C18H14N4O2. The molecule has 3 aromatic rings. The van der Waals surface area contributed by atoms with E-state index in [0.717, 1.165) is 29.5 Å². The average Bonchev–Trinajstić information content (AvgIpc) is 3.22. The third kappa shape index (κ3) is 2.32. The third-order valence-electron chi connectivity index (χ3n) is 4.28. The van der Waals surface area contributed by atoms with Crippen LogP contribution in [-0.2, 0) is 6.42 Å². The number of hydrogen-bond donors (Lipinski definition) is 2. The summed E-state index contributed by atoms with van der Waals surface area (Å²) in [5, 5.41) is 22.8. The van der Waals surface area contributed by atoms with E-state index in [1.807, 2.05) is 24.3 Å². The van der Waals surface area contributed by atoms with E-state index in [0.29, 0.717) is 17.0 Å². The lowest BCUT2D eigenvalue weighted by molar-refractivity contribution is 0.431. The normalized spacial score (nSPS) is 15.9. The Labute approximate surface area is 138 Å². The summed E-state index contributed by atoms with van der Waals surface area (Å²) >= 11 is 0. The van der Waals surface area contributed by atoms with Gasteiger partial charge in [0.15, 0.2) is 0 Å². The summed E-state index contributed by atoms with van der Waals surface area (Å²) in [5.74, 6) is 0.727.